The number of nitrogens with zero attached hydrogens (tertiary/aromatic N) is 3. The van der Waals surface area contributed by atoms with E-state index in [2.05, 4.69) is 0 Å². The van der Waals surface area contributed by atoms with Gasteiger partial charge in [-0.25, -0.2) is 4.98 Å². The molecule has 372 valence electrons. The Bertz CT molecular complexity index is 4170. The summed E-state index contributed by atoms with van der Waals surface area (Å²) in [5.41, 5.74) is -7.85. The molecule has 0 fully saturated rings. The van der Waals surface area contributed by atoms with Gasteiger partial charge in [-0.3, -0.25) is 9.55 Å². The molecule has 2 aromatic heterocycles. The Balaban J connectivity index is 1.55. The molecule has 0 bridgehead atoms. The molecular formula is C69H75N3O. The third-order valence-corrected chi connectivity index (χ3v) is 12.9. The molecule has 1 N–H and O–H groups in total. The first kappa shape index (κ1) is 30.2. The number of fused-ring (bicyclic) bond motifs is 1. The molecule has 4 nitrogen and oxygen atoms in total. The van der Waals surface area contributed by atoms with E-state index in [0.29, 0.717) is 50.2 Å². The van der Waals surface area contributed by atoms with Crippen LogP contribution in [0, 0.1) is 5.41 Å². The molecule has 0 aliphatic carbocycles. The van der Waals surface area contributed by atoms with Crippen LogP contribution in [-0.2, 0) is 28.0 Å². The molecule has 0 aliphatic heterocycles. The third-order valence-electron chi connectivity index (χ3n) is 12.9. The first-order valence-corrected chi connectivity index (χ1v) is 24.3. The smallest absolute Gasteiger partial charge is 0.149 e. The molecule has 4 heteroatoms. The Kier molecular flexibility index (Phi) is 7.78. The number of aromatic hydroxyl groups is 1. The fourth-order valence-corrected chi connectivity index (χ4v) is 9.17. The quantitative estimate of drug-likeness (QED) is 0.165. The summed E-state index contributed by atoms with van der Waals surface area (Å²) in [5.74, 6) is -2.41. The molecule has 0 spiro atoms. The van der Waals surface area contributed by atoms with Gasteiger partial charge in [0.25, 0.3) is 0 Å². The van der Waals surface area contributed by atoms with E-state index in [1.807, 2.05) is 141 Å². The minimum atomic E-state index is -4.48. The van der Waals surface area contributed by atoms with Crippen LogP contribution >= 0.6 is 0 Å². The lowest BCUT2D eigenvalue weighted by Gasteiger charge is -2.28. The van der Waals surface area contributed by atoms with Crippen molar-refractivity contribution in [2.24, 2.45) is 5.41 Å². The van der Waals surface area contributed by atoms with E-state index in [0.717, 1.165) is 22.3 Å². The molecule has 9 rings (SSSR count). The van der Waals surface area contributed by atoms with Gasteiger partial charge in [-0.05, 0) is 132 Å². The van der Waals surface area contributed by atoms with Crippen molar-refractivity contribution in [2.75, 3.05) is 0 Å². The van der Waals surface area contributed by atoms with Crippen molar-refractivity contribution < 1.29 is 35.3 Å². The number of pyridine rings is 1. The second kappa shape index (κ2) is 18.8. The van der Waals surface area contributed by atoms with Crippen LogP contribution in [0.15, 0.2) is 164 Å². The second-order valence-electron chi connectivity index (χ2n) is 22.0. The predicted octanol–water partition coefficient (Wildman–Crippen LogP) is 18.9. The van der Waals surface area contributed by atoms with Crippen LogP contribution in [0.1, 0.15) is 161 Å². The van der Waals surface area contributed by atoms with Crippen molar-refractivity contribution in [1.29, 1.82) is 0 Å². The Labute approximate surface area is 467 Å². The van der Waals surface area contributed by atoms with Crippen molar-refractivity contribution >= 4 is 11.0 Å². The van der Waals surface area contributed by atoms with Crippen LogP contribution in [-0.4, -0.2) is 19.6 Å². The summed E-state index contributed by atoms with van der Waals surface area (Å²) in [6, 6.07) is 39.9. The first-order valence-electron chi connectivity index (χ1n) is 35.3. The van der Waals surface area contributed by atoms with Crippen molar-refractivity contribution in [2.45, 2.75) is 131 Å². The summed E-state index contributed by atoms with van der Waals surface area (Å²) in [6.45, 7) is -8.67. The van der Waals surface area contributed by atoms with Gasteiger partial charge < -0.3 is 5.11 Å². The van der Waals surface area contributed by atoms with Gasteiger partial charge in [0, 0.05) is 61.4 Å². The summed E-state index contributed by atoms with van der Waals surface area (Å²) in [7, 11) is 0. The molecule has 2 heterocycles. The highest BCUT2D eigenvalue weighted by molar-refractivity contribution is 6.00. The topological polar surface area (TPSA) is 50.9 Å². The zero-order valence-corrected chi connectivity index (χ0v) is 42.7. The number of phenols is 1. The molecule has 0 atom stereocenters. The van der Waals surface area contributed by atoms with Gasteiger partial charge in [-0.2, -0.15) is 0 Å². The summed E-state index contributed by atoms with van der Waals surface area (Å²) in [4.78, 5) is 10.1. The van der Waals surface area contributed by atoms with Crippen LogP contribution in [0.25, 0.3) is 83.9 Å². The molecule has 7 aromatic carbocycles. The summed E-state index contributed by atoms with van der Waals surface area (Å²) in [5, 5.41) is 13.5. The van der Waals surface area contributed by atoms with Crippen LogP contribution in [0.3, 0.4) is 0 Å². The number of aromatic nitrogens is 3. The fraction of sp³-hybridized carbons (Fsp3) is 0.304. The van der Waals surface area contributed by atoms with Crippen LogP contribution < -0.4 is 0 Å². The molecule has 0 unspecified atom stereocenters. The van der Waals surface area contributed by atoms with Gasteiger partial charge >= 0.3 is 0 Å². The molecular weight excluding hydrogens is 887 g/mol. The third kappa shape index (κ3) is 10.6. The molecule has 0 amide bonds. The standard InChI is InChI=1S/C69H75N3O/c1-65(2,3)43-44-29-31-45(32-30-44)48-33-34-70-59(38-48)50-35-49(36-51(37-50)66(4,5)6)54-27-22-28-60-61(54)71-64(57-41-53(68(10,11)12)42-58(63(57)73)69(13,14)15)72(60)62-55(46-23-18-16-19-24-46)39-52(67(7,8)9)40-56(62)47-25-20-17-21-26-47/h16-42,73H,43H2,1-15H3/i10D3,11D3,12D3,13D3,14D3,15D3,41D,42D,43D2. The Morgan fingerprint density at radius 3 is 1.67 bits per heavy atom. The fourth-order valence-electron chi connectivity index (χ4n) is 9.17. The highest BCUT2D eigenvalue weighted by atomic mass is 16.3. The van der Waals surface area contributed by atoms with Gasteiger partial charge in [0.05, 0.1) is 30.7 Å². The van der Waals surface area contributed by atoms with Crippen LogP contribution in [0.2, 0.25) is 0 Å². The molecule has 73 heavy (non-hydrogen) atoms. The van der Waals surface area contributed by atoms with E-state index in [4.69, 9.17) is 37.4 Å². The maximum absolute atomic E-state index is 13.5. The average Bonchev–Trinajstić information content (AvgIpc) is 1.21. The molecule has 9 aromatic rings. The minimum Gasteiger partial charge on any atom is -0.507 e. The lowest BCUT2D eigenvalue weighted by molar-refractivity contribution is 0.411. The Hall–Kier alpha value is -7.04. The maximum Gasteiger partial charge on any atom is 0.149 e. The van der Waals surface area contributed by atoms with E-state index in [1.54, 1.807) is 72.9 Å². The number of hydrogen-bond acceptors (Lipinski definition) is 3. The van der Waals surface area contributed by atoms with E-state index >= 15 is 0 Å². The summed E-state index contributed by atoms with van der Waals surface area (Å²) < 4.78 is 201. The maximum atomic E-state index is 13.5. The molecule has 0 saturated heterocycles. The number of hydrogen-bond donors (Lipinski definition) is 1. The van der Waals surface area contributed by atoms with Crippen LogP contribution in [0.5, 0.6) is 5.75 Å². The van der Waals surface area contributed by atoms with E-state index in [9.17, 15) is 7.85 Å². The van der Waals surface area contributed by atoms with Crippen molar-refractivity contribution in [1.82, 2.24) is 14.5 Å². The number of benzene rings is 7. The van der Waals surface area contributed by atoms with E-state index in [1.165, 1.54) is 4.57 Å². The predicted molar refractivity (Wildman–Crippen MR) is 311 cm³/mol. The molecule has 0 aliphatic rings. The highest BCUT2D eigenvalue weighted by Crippen LogP contribution is 2.48. The molecule has 0 saturated carbocycles. The normalized spacial score (nSPS) is 18.4. The lowest BCUT2D eigenvalue weighted by Crippen LogP contribution is -2.17. The minimum absolute atomic E-state index is 0.0219. The van der Waals surface area contributed by atoms with Gasteiger partial charge in [-0.15, -0.1) is 0 Å². The largest absolute Gasteiger partial charge is 0.507 e. The van der Waals surface area contributed by atoms with E-state index in [-0.39, 0.29) is 16.7 Å². The Morgan fingerprint density at radius 2 is 1.10 bits per heavy atom. The number of para-hydroxylation sites is 1. The number of imidazole rings is 1. The van der Waals surface area contributed by atoms with Crippen molar-refractivity contribution in [3.63, 3.8) is 0 Å². The van der Waals surface area contributed by atoms with Crippen molar-refractivity contribution in [3.8, 4) is 78.6 Å². The molecule has 0 radical (unpaired) electrons. The van der Waals surface area contributed by atoms with Crippen LogP contribution in [0.4, 0.5) is 0 Å². The zero-order valence-electron chi connectivity index (χ0n) is 64.7. The van der Waals surface area contributed by atoms with Gasteiger partial charge in [-0.1, -0.05) is 213 Å². The monoisotopic (exact) mass is 984 g/mol. The number of rotatable bonds is 8. The summed E-state index contributed by atoms with van der Waals surface area (Å²) in [6.07, 6.45) is 0.000633. The summed E-state index contributed by atoms with van der Waals surface area (Å²) >= 11 is 0. The van der Waals surface area contributed by atoms with E-state index < -0.39 is 115 Å². The second-order valence-corrected chi connectivity index (χ2v) is 22.0. The highest BCUT2D eigenvalue weighted by Gasteiger charge is 2.31. The average molecular weight is 985 g/mol. The lowest BCUT2D eigenvalue weighted by atomic mass is 9.78. The first-order chi connectivity index (χ1) is 43.4. The SMILES string of the molecule is [2H]c1c(-c2nc3c(-c4cc(-c5cc(-c6ccc(C([2H])([2H])C(C)(C)C)cc6)ccn5)cc(C(C)(C)C)c4)cccc3n2-c2c(-c3ccccc3)cc(C(C)(C)C)cc2-c2ccccc2)c(O)c(C(C([2H])([2H])[2H])(C([2H])([2H])[2H])C([2H])([2H])[2H])c([2H])c1C(C([2H])([2H])[2H])(C([2H])([2H])[2H])C([2H])([2H])[2H]. The number of phenolic OH excluding ortho intramolecular Hbond substituents is 1. The Morgan fingerprint density at radius 1 is 0.507 bits per heavy atom. The van der Waals surface area contributed by atoms with Gasteiger partial charge in [0.1, 0.15) is 11.6 Å². The van der Waals surface area contributed by atoms with Crippen molar-refractivity contribution in [3.05, 3.63) is 192 Å². The zero-order chi connectivity index (χ0) is 70.9. The van der Waals surface area contributed by atoms with Gasteiger partial charge in [0.2, 0.25) is 0 Å². The van der Waals surface area contributed by atoms with Gasteiger partial charge in [0.15, 0.2) is 0 Å².